The van der Waals surface area contributed by atoms with Gasteiger partial charge in [0, 0.05) is 27.5 Å². The van der Waals surface area contributed by atoms with E-state index in [1.807, 2.05) is 0 Å². The van der Waals surface area contributed by atoms with Crippen LogP contribution in [0.3, 0.4) is 0 Å². The first-order valence-corrected chi connectivity index (χ1v) is 10.1. The van der Waals surface area contributed by atoms with Crippen LogP contribution in [0, 0.1) is 17.5 Å². The zero-order valence-corrected chi connectivity index (χ0v) is 16.7. The maximum absolute atomic E-state index is 14.4. The molecule has 2 aromatic heterocycles. The predicted octanol–water partition coefficient (Wildman–Crippen LogP) is 3.66. The van der Waals surface area contributed by atoms with Gasteiger partial charge in [-0.1, -0.05) is 0 Å². The van der Waals surface area contributed by atoms with E-state index in [-0.39, 0.29) is 29.3 Å². The highest BCUT2D eigenvalue weighted by Crippen LogP contribution is 2.32. The van der Waals surface area contributed by atoms with Crippen molar-refractivity contribution in [2.45, 2.75) is 50.2 Å². The summed E-state index contributed by atoms with van der Waals surface area (Å²) < 4.78 is 89.8. The molecule has 1 saturated heterocycles. The Hall–Kier alpha value is -2.92. The van der Waals surface area contributed by atoms with Crippen molar-refractivity contribution in [1.29, 1.82) is 0 Å². The van der Waals surface area contributed by atoms with Crippen LogP contribution in [-0.2, 0) is 4.74 Å². The molecule has 1 aliphatic carbocycles. The molecule has 11 heteroatoms. The third kappa shape index (κ3) is 4.09. The molecule has 0 radical (unpaired) electrons. The molecule has 2 aliphatic rings. The maximum atomic E-state index is 14.4. The van der Waals surface area contributed by atoms with E-state index in [2.05, 4.69) is 25.6 Å². The fraction of sp³-hybridized carbons (Fsp3) is 0.476. The Morgan fingerprint density at radius 3 is 2.59 bits per heavy atom. The number of rotatable bonds is 5. The van der Waals surface area contributed by atoms with Crippen molar-refractivity contribution in [1.82, 2.24) is 19.5 Å². The van der Waals surface area contributed by atoms with Gasteiger partial charge in [0.25, 0.3) is 0 Å². The lowest BCUT2D eigenvalue weighted by atomic mass is 9.93. The van der Waals surface area contributed by atoms with Crippen molar-refractivity contribution in [2.75, 3.05) is 23.8 Å². The minimum Gasteiger partial charge on any atom is -0.393 e. The molecule has 1 unspecified atom stereocenters. The topological polar surface area (TPSA) is 97.1 Å². The summed E-state index contributed by atoms with van der Waals surface area (Å²) in [5, 5.41) is 15.2. The van der Waals surface area contributed by atoms with E-state index in [1.54, 1.807) is 0 Å². The third-order valence-electron chi connectivity index (χ3n) is 5.42. The predicted molar refractivity (Wildman–Crippen MR) is 111 cm³/mol. The highest BCUT2D eigenvalue weighted by Gasteiger charge is 2.27. The first kappa shape index (κ1) is 15.8. The lowest BCUT2D eigenvalue weighted by Gasteiger charge is -2.26. The molecule has 1 atom stereocenters. The van der Waals surface area contributed by atoms with Gasteiger partial charge in [0.15, 0.2) is 17.3 Å². The van der Waals surface area contributed by atoms with Gasteiger partial charge in [-0.3, -0.25) is 4.57 Å². The summed E-state index contributed by atoms with van der Waals surface area (Å²) in [6, 6.07) is -1.71. The van der Waals surface area contributed by atoms with E-state index in [0.717, 1.165) is 4.57 Å². The van der Waals surface area contributed by atoms with E-state index in [4.69, 9.17) is 11.6 Å². The molecule has 3 heterocycles. The molecule has 5 rings (SSSR count). The van der Waals surface area contributed by atoms with Crippen LogP contribution < -0.4 is 10.6 Å². The van der Waals surface area contributed by atoms with Gasteiger partial charge in [0.1, 0.15) is 17.0 Å². The fourth-order valence-corrected chi connectivity index (χ4v) is 3.82. The molecule has 2 fully saturated rings. The van der Waals surface area contributed by atoms with E-state index in [1.165, 1.54) is 6.20 Å². The van der Waals surface area contributed by atoms with Gasteiger partial charge in [0.05, 0.1) is 29.0 Å². The van der Waals surface area contributed by atoms with Crippen LogP contribution in [-0.4, -0.2) is 49.9 Å². The van der Waals surface area contributed by atoms with Crippen LogP contribution in [0.25, 0.3) is 11.2 Å². The Balaban J connectivity index is 1.63. The maximum Gasteiger partial charge on any atom is 0.224 e. The standard InChI is InChI=1S/C21H23F3N6O2/c22-11-7-15(23)18(16(24)8-11)28-21-27-17-9-25-20(26-12-1-3-14(31)4-2-12)29-19(17)30(21)13-5-6-32-10-13/h7-9,12-14,31H,1-6,10H2,(H,27,28)(H,25,26,29)/i5D2,6D2,13D. The second kappa shape index (κ2) is 8.55. The molecule has 3 N–H and O–H groups in total. The summed E-state index contributed by atoms with van der Waals surface area (Å²) in [4.78, 5) is 12.8. The number of halogens is 3. The van der Waals surface area contributed by atoms with Gasteiger partial charge < -0.3 is 20.5 Å². The van der Waals surface area contributed by atoms with Crippen LogP contribution in [0.1, 0.15) is 44.9 Å². The summed E-state index contributed by atoms with van der Waals surface area (Å²) in [5.74, 6) is -4.11. The molecule has 0 spiro atoms. The zero-order chi connectivity index (χ0) is 26.8. The SMILES string of the molecule is [2H]C1([2H])OCC([2H])(n2c(Nc3c(F)cc(F)cc3F)nc3cnc(NC4CCC(O)CC4)nc32)C1([2H])[2H]. The van der Waals surface area contributed by atoms with Crippen molar-refractivity contribution in [2.24, 2.45) is 0 Å². The molecular formula is C21H23F3N6O2. The van der Waals surface area contributed by atoms with Gasteiger partial charge in [-0.05, 0) is 32.1 Å². The third-order valence-corrected chi connectivity index (χ3v) is 5.42. The lowest BCUT2D eigenvalue weighted by molar-refractivity contribution is 0.126. The Morgan fingerprint density at radius 2 is 1.91 bits per heavy atom. The fourth-order valence-electron chi connectivity index (χ4n) is 3.82. The number of hydrogen-bond acceptors (Lipinski definition) is 7. The van der Waals surface area contributed by atoms with E-state index in [0.29, 0.717) is 37.8 Å². The number of fused-ring (bicyclic) bond motifs is 1. The average molecular weight is 453 g/mol. The Kier molecular flexibility index (Phi) is 4.22. The highest BCUT2D eigenvalue weighted by molar-refractivity contribution is 5.76. The molecule has 32 heavy (non-hydrogen) atoms. The van der Waals surface area contributed by atoms with Crippen LogP contribution in [0.5, 0.6) is 0 Å². The monoisotopic (exact) mass is 453 g/mol. The van der Waals surface area contributed by atoms with Crippen molar-refractivity contribution in [3.63, 3.8) is 0 Å². The molecule has 1 aliphatic heterocycles. The number of anilines is 3. The number of aliphatic hydroxyl groups excluding tert-OH is 1. The van der Waals surface area contributed by atoms with Crippen LogP contribution in [0.4, 0.5) is 30.8 Å². The van der Waals surface area contributed by atoms with Gasteiger partial charge in [-0.25, -0.2) is 23.1 Å². The summed E-state index contributed by atoms with van der Waals surface area (Å²) in [5.41, 5.74) is -0.917. The smallest absolute Gasteiger partial charge is 0.224 e. The number of aliphatic hydroxyl groups is 1. The number of hydrogen-bond donors (Lipinski definition) is 3. The van der Waals surface area contributed by atoms with Crippen molar-refractivity contribution >= 4 is 28.7 Å². The molecule has 170 valence electrons. The van der Waals surface area contributed by atoms with Gasteiger partial charge in [-0.15, -0.1) is 0 Å². The van der Waals surface area contributed by atoms with Crippen molar-refractivity contribution in [3.05, 3.63) is 35.8 Å². The number of aromatic nitrogens is 4. The Labute approximate surface area is 188 Å². The molecule has 1 aromatic carbocycles. The molecule has 8 nitrogen and oxygen atoms in total. The van der Waals surface area contributed by atoms with Crippen molar-refractivity contribution in [3.8, 4) is 0 Å². The summed E-state index contributed by atoms with van der Waals surface area (Å²) in [7, 11) is 0. The zero-order valence-electron chi connectivity index (χ0n) is 21.7. The molecule has 1 saturated carbocycles. The first-order chi connectivity index (χ1) is 17.3. The second-order valence-corrected chi connectivity index (χ2v) is 7.65. The second-order valence-electron chi connectivity index (χ2n) is 7.65. The van der Waals surface area contributed by atoms with Gasteiger partial charge in [-0.2, -0.15) is 4.98 Å². The quantitative estimate of drug-likeness (QED) is 0.542. The molecule has 3 aromatic rings. The number of nitrogens with one attached hydrogen (secondary N) is 2. The lowest BCUT2D eigenvalue weighted by Crippen LogP contribution is -2.29. The van der Waals surface area contributed by atoms with Gasteiger partial charge in [0.2, 0.25) is 11.9 Å². The Morgan fingerprint density at radius 1 is 1.16 bits per heavy atom. The highest BCUT2D eigenvalue weighted by atomic mass is 19.1. The minimum absolute atomic E-state index is 0.0185. The number of imidazole rings is 1. The molecule has 0 amide bonds. The van der Waals surface area contributed by atoms with Crippen molar-refractivity contribution < 1.29 is 29.9 Å². The van der Waals surface area contributed by atoms with Crippen LogP contribution in [0.2, 0.25) is 0 Å². The largest absolute Gasteiger partial charge is 0.393 e. The molecular weight excluding hydrogens is 425 g/mol. The minimum atomic E-state index is -2.97. The normalized spacial score (nSPS) is 31.3. The number of nitrogens with zero attached hydrogens (tertiary/aromatic N) is 4. The summed E-state index contributed by atoms with van der Waals surface area (Å²) in [6.45, 7) is -3.67. The molecule has 0 bridgehead atoms. The van der Waals surface area contributed by atoms with E-state index < -0.39 is 54.6 Å². The summed E-state index contributed by atoms with van der Waals surface area (Å²) >= 11 is 0. The number of benzene rings is 1. The van der Waals surface area contributed by atoms with Gasteiger partial charge >= 0.3 is 0 Å². The Bertz CT molecular complexity index is 1330. The van der Waals surface area contributed by atoms with E-state index >= 15 is 0 Å². The van der Waals surface area contributed by atoms with Crippen LogP contribution >= 0.6 is 0 Å². The average Bonchev–Trinajstić information content (AvgIpc) is 3.25. The number of ether oxygens (including phenoxy) is 1. The summed E-state index contributed by atoms with van der Waals surface area (Å²) in [6.07, 6.45) is 0.388. The van der Waals surface area contributed by atoms with E-state index in [9.17, 15) is 18.3 Å². The first-order valence-electron chi connectivity index (χ1n) is 12.6. The van der Waals surface area contributed by atoms with Crippen LogP contribution in [0.15, 0.2) is 18.3 Å².